The van der Waals surface area contributed by atoms with Crippen LogP contribution in [0.25, 0.3) is 33.5 Å². The molecule has 0 amide bonds. The van der Waals surface area contributed by atoms with Crippen molar-refractivity contribution >= 4 is 59.1 Å². The Balaban J connectivity index is 1.38. The maximum atomic E-state index is 11.9. The van der Waals surface area contributed by atoms with Gasteiger partial charge in [0.15, 0.2) is 36.0 Å². The van der Waals surface area contributed by atoms with Crippen LogP contribution < -0.4 is 16.4 Å². The van der Waals surface area contributed by atoms with Crippen molar-refractivity contribution in [3.05, 3.63) is 114 Å². The topological polar surface area (TPSA) is 186 Å². The van der Waals surface area contributed by atoms with Crippen LogP contribution in [0.4, 0.5) is 0 Å². The molecule has 2 aliphatic carbocycles. The Morgan fingerprint density at radius 3 is 2.07 bits per heavy atom. The Morgan fingerprint density at radius 1 is 0.643 bits per heavy atom. The van der Waals surface area contributed by atoms with Gasteiger partial charge in [-0.05, 0) is 142 Å². The summed E-state index contributed by atoms with van der Waals surface area (Å²) in [5.74, 6) is -4.03. The molecular weight excluding hydrogens is 704 g/mol. The predicted molar refractivity (Wildman–Crippen MR) is 220 cm³/mol. The quantitative estimate of drug-likeness (QED) is 0.0569. The molecule has 5 aromatic carbocycles. The van der Waals surface area contributed by atoms with E-state index in [1.807, 2.05) is 32.9 Å². The molecule has 4 aliphatic rings. The van der Waals surface area contributed by atoms with Gasteiger partial charge in [0.2, 0.25) is 7.28 Å². The number of allylic oxidation sites excluding steroid dienone is 5. The standard InChI is InChI=1S/C45H37B2NO8/c1-16-12-24-25(29(17(16)2)23-11-10-21-8-6-7-9-22(21)13-23)14-28(50)42(53)31(24)39(48)34-32-30-26-15-27(49)18(3)19(4)35(26)46-37-33(30)38(41(52)20(5)40(37)51)47-36(32)44(55)45(56)43(34)54/h6,8,10-14,48-56H,7,9,15H2,1-5H3. The van der Waals surface area contributed by atoms with Crippen LogP contribution in [0.2, 0.25) is 0 Å². The molecule has 9 nitrogen and oxygen atoms in total. The van der Waals surface area contributed by atoms with Gasteiger partial charge in [0.25, 0.3) is 0 Å². The molecule has 0 spiro atoms. The number of aliphatic hydroxyl groups excluding tert-OH is 1. The minimum absolute atomic E-state index is 0.00589. The minimum atomic E-state index is -0.930. The number of aromatic hydroxyl groups is 7. The van der Waals surface area contributed by atoms with Crippen molar-refractivity contribution in [2.24, 2.45) is 0 Å². The van der Waals surface area contributed by atoms with Crippen LogP contribution in [-0.4, -0.2) is 61.1 Å². The van der Waals surface area contributed by atoms with Gasteiger partial charge in [-0.1, -0.05) is 47.5 Å². The molecular formula is C45H37B2NO8. The first-order valence-corrected chi connectivity index (χ1v) is 18.4. The number of fused-ring (bicyclic) bond motifs is 5. The summed E-state index contributed by atoms with van der Waals surface area (Å²) in [5, 5.41) is 103. The van der Waals surface area contributed by atoms with Crippen LogP contribution in [0, 0.1) is 26.2 Å². The summed E-state index contributed by atoms with van der Waals surface area (Å²) in [6, 6.07) is 9.48. The summed E-state index contributed by atoms with van der Waals surface area (Å²) >= 11 is 0. The van der Waals surface area contributed by atoms with Gasteiger partial charge in [0.05, 0.1) is 22.6 Å². The van der Waals surface area contributed by atoms with E-state index in [2.05, 4.69) is 24.3 Å². The monoisotopic (exact) mass is 741 g/mol. The number of hydrogen-bond acceptors (Lipinski definition) is 9. The molecule has 9 N–H and O–H groups in total. The molecule has 0 aromatic heterocycles. The number of aliphatic hydroxyl groups is 1. The number of nitrogens with one attached hydrogen (secondary N) is 1. The molecule has 0 atom stereocenters. The first-order valence-electron chi connectivity index (χ1n) is 18.4. The second-order valence-electron chi connectivity index (χ2n) is 15.3. The van der Waals surface area contributed by atoms with Crippen LogP contribution in [0.5, 0.6) is 40.2 Å². The van der Waals surface area contributed by atoms with E-state index in [0.717, 1.165) is 40.7 Å². The van der Waals surface area contributed by atoms with Crippen LogP contribution >= 0.6 is 0 Å². The van der Waals surface area contributed by atoms with E-state index in [0.29, 0.717) is 49.6 Å². The van der Waals surface area contributed by atoms with Gasteiger partial charge in [-0.15, -0.1) is 0 Å². The van der Waals surface area contributed by atoms with Crippen molar-refractivity contribution in [1.82, 2.24) is 0 Å². The minimum Gasteiger partial charge on any atom is -0.512 e. The average Bonchev–Trinajstić information content (AvgIpc) is 3.18. The zero-order valence-corrected chi connectivity index (χ0v) is 31.4. The predicted octanol–water partition coefficient (Wildman–Crippen LogP) is 6.37. The van der Waals surface area contributed by atoms with Crippen molar-refractivity contribution in [1.29, 1.82) is 5.41 Å². The molecule has 2 heterocycles. The van der Waals surface area contributed by atoms with E-state index >= 15 is 0 Å². The summed E-state index contributed by atoms with van der Waals surface area (Å²) in [6.07, 6.45) is 6.03. The zero-order valence-electron chi connectivity index (χ0n) is 31.4. The van der Waals surface area contributed by atoms with E-state index in [4.69, 9.17) is 0 Å². The highest BCUT2D eigenvalue weighted by Gasteiger charge is 2.42. The Hall–Kier alpha value is -6.48. The highest BCUT2D eigenvalue weighted by Crippen LogP contribution is 2.51. The molecule has 0 fully saturated rings. The Labute approximate surface area is 324 Å². The largest absolute Gasteiger partial charge is 0.512 e. The van der Waals surface area contributed by atoms with Crippen molar-refractivity contribution in [2.45, 2.75) is 53.9 Å². The molecule has 9 rings (SSSR count). The van der Waals surface area contributed by atoms with Crippen molar-refractivity contribution in [3.63, 3.8) is 0 Å². The zero-order chi connectivity index (χ0) is 39.8. The molecule has 276 valence electrons. The average molecular weight is 741 g/mol. The molecule has 2 aliphatic heterocycles. The first-order chi connectivity index (χ1) is 26.6. The van der Waals surface area contributed by atoms with Gasteiger partial charge in [-0.3, -0.25) is 5.41 Å². The Kier molecular flexibility index (Phi) is 7.56. The van der Waals surface area contributed by atoms with E-state index in [9.17, 15) is 46.3 Å². The van der Waals surface area contributed by atoms with Crippen LogP contribution in [-0.2, 0) is 6.42 Å². The van der Waals surface area contributed by atoms with Crippen LogP contribution in [0.3, 0.4) is 0 Å². The SMILES string of the molecule is CC1=C(O)CC2=C3c4c(c(O)c(C)c(O)c4[B]c4c(O)c(O)c(O)c(C(=N)c5c(O)c(O)cc6c(-c7ccc8c(c7)CCC=C8)c(C)c(C)cc56)c43)[B]C2=C1C. The van der Waals surface area contributed by atoms with Crippen molar-refractivity contribution in [2.75, 3.05) is 0 Å². The van der Waals surface area contributed by atoms with Gasteiger partial charge in [0, 0.05) is 12.0 Å². The van der Waals surface area contributed by atoms with Gasteiger partial charge in [-0.25, -0.2) is 0 Å². The fourth-order valence-corrected chi connectivity index (χ4v) is 9.09. The number of aryl methyl sites for hydroxylation is 2. The van der Waals surface area contributed by atoms with Gasteiger partial charge >= 0.3 is 0 Å². The number of rotatable bonds is 3. The first kappa shape index (κ1) is 35.2. The summed E-state index contributed by atoms with van der Waals surface area (Å²) in [5.41, 5.74) is 8.88. The third kappa shape index (κ3) is 4.60. The summed E-state index contributed by atoms with van der Waals surface area (Å²) in [6.45, 7) is 9.07. The third-order valence-electron chi connectivity index (χ3n) is 12.4. The molecule has 0 bridgehead atoms. The van der Waals surface area contributed by atoms with Crippen LogP contribution in [0.1, 0.15) is 76.8 Å². The lowest BCUT2D eigenvalue weighted by Crippen LogP contribution is -2.46. The number of phenolic OH excluding ortho intramolecular Hbond substituents is 7. The smallest absolute Gasteiger partial charge is 0.203 e. The lowest BCUT2D eigenvalue weighted by Gasteiger charge is -2.38. The van der Waals surface area contributed by atoms with E-state index < -0.39 is 34.5 Å². The summed E-state index contributed by atoms with van der Waals surface area (Å²) in [4.78, 5) is 0. The van der Waals surface area contributed by atoms with Gasteiger partial charge < -0.3 is 40.9 Å². The Morgan fingerprint density at radius 2 is 1.34 bits per heavy atom. The molecule has 0 saturated carbocycles. The molecule has 5 aromatic rings. The summed E-state index contributed by atoms with van der Waals surface area (Å²) < 4.78 is 0. The normalized spacial score (nSPS) is 15.3. The third-order valence-corrected chi connectivity index (χ3v) is 12.4. The molecule has 11 heteroatoms. The van der Waals surface area contributed by atoms with Crippen molar-refractivity contribution < 1.29 is 40.9 Å². The second kappa shape index (κ2) is 12.0. The fourth-order valence-electron chi connectivity index (χ4n) is 9.09. The second-order valence-corrected chi connectivity index (χ2v) is 15.3. The Bertz CT molecular complexity index is 2880. The van der Waals surface area contributed by atoms with E-state index in [1.165, 1.54) is 18.9 Å². The van der Waals surface area contributed by atoms with Crippen molar-refractivity contribution in [3.8, 4) is 51.4 Å². The van der Waals surface area contributed by atoms with Gasteiger partial charge in [0.1, 0.15) is 11.5 Å². The lowest BCUT2D eigenvalue weighted by atomic mass is 9.44. The maximum Gasteiger partial charge on any atom is 0.203 e. The number of hydrogen-bond donors (Lipinski definition) is 9. The van der Waals surface area contributed by atoms with Gasteiger partial charge in [-0.2, -0.15) is 0 Å². The molecule has 0 unspecified atom stereocenters. The maximum absolute atomic E-state index is 11.9. The number of phenols is 7. The molecule has 2 radical (unpaired) electrons. The van der Waals surface area contributed by atoms with E-state index in [1.54, 1.807) is 21.1 Å². The number of benzene rings is 5. The molecule has 56 heavy (non-hydrogen) atoms. The fraction of sp³-hybridized carbons (Fsp3) is 0.178. The van der Waals surface area contributed by atoms with E-state index in [-0.39, 0.29) is 56.9 Å². The van der Waals surface area contributed by atoms with Crippen LogP contribution in [0.15, 0.2) is 64.4 Å². The highest BCUT2D eigenvalue weighted by atomic mass is 16.3. The summed E-state index contributed by atoms with van der Waals surface area (Å²) in [7, 11) is 3.22. The highest BCUT2D eigenvalue weighted by molar-refractivity contribution is 6.76. The lowest BCUT2D eigenvalue weighted by molar-refractivity contribution is 0.369. The molecule has 0 saturated heterocycles.